The van der Waals surface area contributed by atoms with Crippen LogP contribution in [0.1, 0.15) is 35.4 Å². The van der Waals surface area contributed by atoms with E-state index in [1.807, 2.05) is 17.5 Å². The van der Waals surface area contributed by atoms with Gasteiger partial charge in [0, 0.05) is 20.0 Å². The van der Waals surface area contributed by atoms with Gasteiger partial charge < -0.3 is 10.2 Å². The van der Waals surface area contributed by atoms with Gasteiger partial charge in [0.25, 0.3) is 0 Å². The van der Waals surface area contributed by atoms with Crippen LogP contribution in [-0.4, -0.2) is 43.3 Å². The van der Waals surface area contributed by atoms with Crippen molar-refractivity contribution in [1.29, 1.82) is 0 Å². The molecule has 1 fully saturated rings. The first kappa shape index (κ1) is 15.2. The Morgan fingerprint density at radius 1 is 1.50 bits per heavy atom. The maximum atomic E-state index is 11.9. The van der Waals surface area contributed by atoms with Gasteiger partial charge in [-0.3, -0.25) is 9.59 Å². The number of rotatable bonds is 6. The largest absolute Gasteiger partial charge is 0.359 e. The summed E-state index contributed by atoms with van der Waals surface area (Å²) >= 11 is 1.51. The predicted octanol–water partition coefficient (Wildman–Crippen LogP) is 2.17. The fourth-order valence-corrected chi connectivity index (χ4v) is 3.39. The van der Waals surface area contributed by atoms with Gasteiger partial charge in [-0.2, -0.15) is 0 Å². The molecule has 0 spiro atoms. The first-order chi connectivity index (χ1) is 9.70. The van der Waals surface area contributed by atoms with Crippen LogP contribution in [0.2, 0.25) is 0 Å². The van der Waals surface area contributed by atoms with Crippen LogP contribution >= 0.6 is 11.3 Å². The van der Waals surface area contributed by atoms with Crippen LogP contribution in [0.5, 0.6) is 0 Å². The number of hydrogen-bond acceptors (Lipinski definition) is 4. The van der Waals surface area contributed by atoms with Crippen LogP contribution in [0.3, 0.4) is 0 Å². The Morgan fingerprint density at radius 2 is 2.35 bits per heavy atom. The zero-order valence-electron chi connectivity index (χ0n) is 11.9. The SMILES string of the molecule is CNC(=O)C1CCCN(CCCC(=O)c2cccs2)C1. The first-order valence-electron chi connectivity index (χ1n) is 7.21. The van der Waals surface area contributed by atoms with E-state index in [4.69, 9.17) is 0 Å². The lowest BCUT2D eigenvalue weighted by Crippen LogP contribution is -2.42. The van der Waals surface area contributed by atoms with Crippen LogP contribution in [0.15, 0.2) is 17.5 Å². The number of carbonyl (C=O) groups excluding carboxylic acids is 2. The normalized spacial score (nSPS) is 19.8. The quantitative estimate of drug-likeness (QED) is 0.818. The summed E-state index contributed by atoms with van der Waals surface area (Å²) < 4.78 is 0. The molecule has 0 aromatic carbocycles. The van der Waals surface area contributed by atoms with E-state index in [2.05, 4.69) is 10.2 Å². The fourth-order valence-electron chi connectivity index (χ4n) is 2.70. The number of likely N-dealkylation sites (tertiary alicyclic amines) is 1. The van der Waals surface area contributed by atoms with Crippen LogP contribution in [-0.2, 0) is 4.79 Å². The monoisotopic (exact) mass is 294 g/mol. The molecule has 0 bridgehead atoms. The highest BCUT2D eigenvalue weighted by atomic mass is 32.1. The summed E-state index contributed by atoms with van der Waals surface area (Å²) in [6.07, 6.45) is 3.51. The molecule has 5 heteroatoms. The first-order valence-corrected chi connectivity index (χ1v) is 8.09. The number of amides is 1. The number of hydrogen-bond donors (Lipinski definition) is 1. The Balaban J connectivity index is 1.71. The summed E-state index contributed by atoms with van der Waals surface area (Å²) in [5.41, 5.74) is 0. The van der Waals surface area contributed by atoms with Crippen molar-refractivity contribution in [2.75, 3.05) is 26.7 Å². The number of nitrogens with zero attached hydrogens (tertiary/aromatic N) is 1. The minimum Gasteiger partial charge on any atom is -0.359 e. The van der Waals surface area contributed by atoms with Crippen LogP contribution in [0.25, 0.3) is 0 Å². The highest BCUT2D eigenvalue weighted by Crippen LogP contribution is 2.18. The molecule has 1 N–H and O–H groups in total. The number of piperidine rings is 1. The van der Waals surface area contributed by atoms with Crippen LogP contribution in [0.4, 0.5) is 0 Å². The van der Waals surface area contributed by atoms with Crippen LogP contribution in [0, 0.1) is 5.92 Å². The van der Waals surface area contributed by atoms with Crippen molar-refractivity contribution in [2.45, 2.75) is 25.7 Å². The molecule has 1 unspecified atom stereocenters. The smallest absolute Gasteiger partial charge is 0.224 e. The molecule has 1 aromatic rings. The van der Waals surface area contributed by atoms with E-state index < -0.39 is 0 Å². The van der Waals surface area contributed by atoms with E-state index in [1.165, 1.54) is 11.3 Å². The van der Waals surface area contributed by atoms with Gasteiger partial charge in [0.2, 0.25) is 5.91 Å². The molecule has 110 valence electrons. The number of carbonyl (C=O) groups is 2. The van der Waals surface area contributed by atoms with Gasteiger partial charge in [-0.15, -0.1) is 11.3 Å². The van der Waals surface area contributed by atoms with Crippen molar-refractivity contribution in [2.24, 2.45) is 5.92 Å². The molecule has 1 saturated heterocycles. The molecular weight excluding hydrogens is 272 g/mol. The van der Waals surface area contributed by atoms with Gasteiger partial charge in [0.1, 0.15) is 0 Å². The minimum atomic E-state index is 0.113. The van der Waals surface area contributed by atoms with Crippen molar-refractivity contribution in [3.05, 3.63) is 22.4 Å². The maximum Gasteiger partial charge on any atom is 0.224 e. The van der Waals surface area contributed by atoms with E-state index in [1.54, 1.807) is 7.05 Å². The number of ketones is 1. The third-order valence-electron chi connectivity index (χ3n) is 3.80. The van der Waals surface area contributed by atoms with Gasteiger partial charge in [-0.05, 0) is 43.8 Å². The Bertz CT molecular complexity index is 445. The Morgan fingerprint density at radius 3 is 3.05 bits per heavy atom. The molecule has 1 aliphatic heterocycles. The van der Waals surface area contributed by atoms with E-state index in [9.17, 15) is 9.59 Å². The summed E-state index contributed by atoms with van der Waals surface area (Å²) in [4.78, 5) is 26.7. The summed E-state index contributed by atoms with van der Waals surface area (Å²) in [7, 11) is 1.70. The second-order valence-corrected chi connectivity index (χ2v) is 6.21. The molecule has 0 radical (unpaired) electrons. The molecule has 4 nitrogen and oxygen atoms in total. The highest BCUT2D eigenvalue weighted by Gasteiger charge is 2.24. The molecule has 1 atom stereocenters. The van der Waals surface area contributed by atoms with E-state index in [0.29, 0.717) is 6.42 Å². The van der Waals surface area contributed by atoms with Crippen molar-refractivity contribution >= 4 is 23.0 Å². The summed E-state index contributed by atoms with van der Waals surface area (Å²) in [5, 5.41) is 4.67. The standard InChI is InChI=1S/C15H22N2O2S/c1-16-15(19)12-5-2-8-17(11-12)9-3-6-13(18)14-7-4-10-20-14/h4,7,10,12H,2-3,5-6,8-9,11H2,1H3,(H,16,19). The molecular formula is C15H22N2O2S. The summed E-state index contributed by atoms with van der Waals surface area (Å²) in [5.74, 6) is 0.492. The lowest BCUT2D eigenvalue weighted by Gasteiger charge is -2.31. The van der Waals surface area contributed by atoms with Gasteiger partial charge >= 0.3 is 0 Å². The van der Waals surface area contributed by atoms with Gasteiger partial charge in [0.15, 0.2) is 5.78 Å². The third kappa shape index (κ3) is 4.15. The Labute approximate surface area is 124 Å². The van der Waals surface area contributed by atoms with Crippen molar-refractivity contribution < 1.29 is 9.59 Å². The lowest BCUT2D eigenvalue weighted by atomic mass is 9.97. The van der Waals surface area contributed by atoms with E-state index in [0.717, 1.165) is 43.8 Å². The van der Waals surface area contributed by atoms with Crippen molar-refractivity contribution in [3.8, 4) is 0 Å². The molecule has 0 aliphatic carbocycles. The topological polar surface area (TPSA) is 49.4 Å². The zero-order chi connectivity index (χ0) is 14.4. The molecule has 20 heavy (non-hydrogen) atoms. The maximum absolute atomic E-state index is 11.9. The second kappa shape index (κ2) is 7.55. The minimum absolute atomic E-state index is 0.113. The Hall–Kier alpha value is -1.20. The fraction of sp³-hybridized carbons (Fsp3) is 0.600. The zero-order valence-corrected chi connectivity index (χ0v) is 12.7. The highest BCUT2D eigenvalue weighted by molar-refractivity contribution is 7.12. The van der Waals surface area contributed by atoms with Gasteiger partial charge in [0.05, 0.1) is 10.8 Å². The molecule has 1 aromatic heterocycles. The van der Waals surface area contributed by atoms with Crippen molar-refractivity contribution in [1.82, 2.24) is 10.2 Å². The van der Waals surface area contributed by atoms with E-state index in [-0.39, 0.29) is 17.6 Å². The van der Waals surface area contributed by atoms with E-state index >= 15 is 0 Å². The molecule has 0 saturated carbocycles. The number of thiophene rings is 1. The number of nitrogens with one attached hydrogen (secondary N) is 1. The lowest BCUT2D eigenvalue weighted by molar-refractivity contribution is -0.126. The van der Waals surface area contributed by atoms with Gasteiger partial charge in [-0.25, -0.2) is 0 Å². The summed E-state index contributed by atoms with van der Waals surface area (Å²) in [6, 6.07) is 3.80. The third-order valence-corrected chi connectivity index (χ3v) is 4.71. The molecule has 2 heterocycles. The summed E-state index contributed by atoms with van der Waals surface area (Å²) in [6.45, 7) is 2.78. The second-order valence-electron chi connectivity index (χ2n) is 5.26. The van der Waals surface area contributed by atoms with Gasteiger partial charge in [-0.1, -0.05) is 6.07 Å². The number of Topliss-reactive ketones (excluding diaryl/α,β-unsaturated/α-hetero) is 1. The van der Waals surface area contributed by atoms with Crippen LogP contribution < -0.4 is 5.32 Å². The Kier molecular flexibility index (Phi) is 5.73. The average Bonchev–Trinajstić information content (AvgIpc) is 3.01. The molecule has 2 rings (SSSR count). The van der Waals surface area contributed by atoms with Crippen molar-refractivity contribution in [3.63, 3.8) is 0 Å². The molecule has 1 amide bonds. The average molecular weight is 294 g/mol. The molecule has 1 aliphatic rings. The predicted molar refractivity (Wildman–Crippen MR) is 81.1 cm³/mol.